The summed E-state index contributed by atoms with van der Waals surface area (Å²) in [4.78, 5) is 5.43. The lowest BCUT2D eigenvalue weighted by atomic mass is 10.2. The van der Waals surface area contributed by atoms with Crippen LogP contribution in [0.2, 0.25) is 5.02 Å². The Morgan fingerprint density at radius 2 is 2.20 bits per heavy atom. The van der Waals surface area contributed by atoms with E-state index in [0.717, 1.165) is 27.0 Å². The SMILES string of the molecule is Clc1cccnc1Sc1ccc(CNC2CC2)c(Br)c1. The van der Waals surface area contributed by atoms with Gasteiger partial charge < -0.3 is 5.32 Å². The molecule has 0 spiro atoms. The van der Waals surface area contributed by atoms with Crippen LogP contribution in [-0.2, 0) is 6.54 Å². The molecule has 1 saturated carbocycles. The minimum atomic E-state index is 0.688. The van der Waals surface area contributed by atoms with Crippen LogP contribution in [0, 0.1) is 0 Å². The van der Waals surface area contributed by atoms with E-state index in [9.17, 15) is 0 Å². The van der Waals surface area contributed by atoms with Crippen LogP contribution in [0.4, 0.5) is 0 Å². The number of rotatable bonds is 5. The number of hydrogen-bond acceptors (Lipinski definition) is 3. The molecule has 2 nitrogen and oxygen atoms in total. The summed E-state index contributed by atoms with van der Waals surface area (Å²) in [6, 6.07) is 10.8. The molecule has 2 aromatic rings. The summed E-state index contributed by atoms with van der Waals surface area (Å²) in [5.74, 6) is 0. The Morgan fingerprint density at radius 3 is 2.90 bits per heavy atom. The van der Waals surface area contributed by atoms with Gasteiger partial charge in [-0.15, -0.1) is 0 Å². The van der Waals surface area contributed by atoms with Crippen LogP contribution < -0.4 is 5.32 Å². The Balaban J connectivity index is 1.71. The van der Waals surface area contributed by atoms with Crippen LogP contribution in [0.15, 0.2) is 50.9 Å². The van der Waals surface area contributed by atoms with Crippen molar-refractivity contribution in [2.24, 2.45) is 0 Å². The first kappa shape index (κ1) is 14.4. The molecule has 3 rings (SSSR count). The molecule has 1 aromatic carbocycles. The Kier molecular flexibility index (Phi) is 4.66. The summed E-state index contributed by atoms with van der Waals surface area (Å²) in [5, 5.41) is 5.05. The van der Waals surface area contributed by atoms with E-state index in [4.69, 9.17) is 11.6 Å². The van der Waals surface area contributed by atoms with Crippen molar-refractivity contribution in [2.45, 2.75) is 35.3 Å². The van der Waals surface area contributed by atoms with Gasteiger partial charge in [0, 0.05) is 28.2 Å². The van der Waals surface area contributed by atoms with Gasteiger partial charge >= 0.3 is 0 Å². The van der Waals surface area contributed by atoms with E-state index in [0.29, 0.717) is 5.02 Å². The van der Waals surface area contributed by atoms with Gasteiger partial charge in [-0.2, -0.15) is 0 Å². The molecular formula is C15H14BrClN2S. The molecule has 0 atom stereocenters. The number of nitrogens with zero attached hydrogens (tertiary/aromatic N) is 1. The van der Waals surface area contributed by atoms with Gasteiger partial charge in [0.25, 0.3) is 0 Å². The molecule has 0 aliphatic heterocycles. The third kappa shape index (κ3) is 3.76. The number of halogens is 2. The van der Waals surface area contributed by atoms with Crippen LogP contribution in [0.3, 0.4) is 0 Å². The van der Waals surface area contributed by atoms with Gasteiger partial charge in [-0.1, -0.05) is 45.4 Å². The molecule has 20 heavy (non-hydrogen) atoms. The molecule has 1 fully saturated rings. The van der Waals surface area contributed by atoms with Crippen molar-refractivity contribution in [3.63, 3.8) is 0 Å². The van der Waals surface area contributed by atoms with E-state index in [1.165, 1.54) is 18.4 Å². The lowest BCUT2D eigenvalue weighted by molar-refractivity contribution is 0.685. The summed E-state index contributed by atoms with van der Waals surface area (Å²) in [6.45, 7) is 0.917. The maximum atomic E-state index is 6.13. The van der Waals surface area contributed by atoms with Crippen LogP contribution in [0.25, 0.3) is 0 Å². The maximum absolute atomic E-state index is 6.13. The standard InChI is InChI=1S/C15H14BrClN2S/c16-13-8-12(20-15-14(17)2-1-7-18-15)6-3-10(13)9-19-11-4-5-11/h1-3,6-8,11,19H,4-5,9H2. The average molecular weight is 370 g/mol. The van der Waals surface area contributed by atoms with E-state index in [1.807, 2.05) is 12.1 Å². The minimum Gasteiger partial charge on any atom is -0.310 e. The smallest absolute Gasteiger partial charge is 0.119 e. The topological polar surface area (TPSA) is 24.9 Å². The zero-order chi connectivity index (χ0) is 13.9. The molecule has 0 radical (unpaired) electrons. The number of hydrogen-bond donors (Lipinski definition) is 1. The minimum absolute atomic E-state index is 0.688. The van der Waals surface area contributed by atoms with Crippen LogP contribution in [-0.4, -0.2) is 11.0 Å². The quantitative estimate of drug-likeness (QED) is 0.811. The van der Waals surface area contributed by atoms with E-state index < -0.39 is 0 Å². The Hall–Kier alpha value is -0.550. The molecule has 1 aliphatic rings. The molecule has 1 aliphatic carbocycles. The second-order valence-corrected chi connectivity index (χ2v) is 7.12. The maximum Gasteiger partial charge on any atom is 0.119 e. The molecule has 0 saturated heterocycles. The normalized spacial score (nSPS) is 14.5. The predicted molar refractivity (Wildman–Crippen MR) is 87.4 cm³/mol. The third-order valence-electron chi connectivity index (χ3n) is 3.12. The fourth-order valence-electron chi connectivity index (χ4n) is 1.83. The predicted octanol–water partition coefficient (Wildman–Crippen LogP) is 4.90. The highest BCUT2D eigenvalue weighted by molar-refractivity contribution is 9.10. The first-order valence-electron chi connectivity index (χ1n) is 6.52. The third-order valence-corrected chi connectivity index (χ3v) is 5.29. The van der Waals surface area contributed by atoms with E-state index in [-0.39, 0.29) is 0 Å². The van der Waals surface area contributed by atoms with Crippen molar-refractivity contribution in [1.82, 2.24) is 10.3 Å². The van der Waals surface area contributed by atoms with Gasteiger partial charge in [-0.05, 0) is 42.7 Å². The molecular weight excluding hydrogens is 356 g/mol. The zero-order valence-corrected chi connectivity index (χ0v) is 13.9. The molecule has 1 aromatic heterocycles. The lowest BCUT2D eigenvalue weighted by Crippen LogP contribution is -2.15. The zero-order valence-electron chi connectivity index (χ0n) is 10.8. The first-order valence-corrected chi connectivity index (χ1v) is 8.51. The van der Waals surface area contributed by atoms with Gasteiger partial charge in [0.2, 0.25) is 0 Å². The van der Waals surface area contributed by atoms with Crippen LogP contribution in [0.5, 0.6) is 0 Å². The molecule has 104 valence electrons. The highest BCUT2D eigenvalue weighted by Gasteiger charge is 2.20. The molecule has 1 N–H and O–H groups in total. The highest BCUT2D eigenvalue weighted by atomic mass is 79.9. The monoisotopic (exact) mass is 368 g/mol. The molecule has 0 bridgehead atoms. The van der Waals surface area contributed by atoms with Crippen LogP contribution >= 0.6 is 39.3 Å². The lowest BCUT2D eigenvalue weighted by Gasteiger charge is -2.08. The van der Waals surface area contributed by atoms with Crippen molar-refractivity contribution < 1.29 is 0 Å². The second kappa shape index (κ2) is 6.48. The van der Waals surface area contributed by atoms with E-state index in [2.05, 4.69) is 44.4 Å². The van der Waals surface area contributed by atoms with Gasteiger partial charge in [-0.3, -0.25) is 0 Å². The van der Waals surface area contributed by atoms with Crippen molar-refractivity contribution in [3.05, 3.63) is 51.6 Å². The highest BCUT2D eigenvalue weighted by Crippen LogP contribution is 2.33. The summed E-state index contributed by atoms with van der Waals surface area (Å²) in [7, 11) is 0. The molecule has 1 heterocycles. The fourth-order valence-corrected chi connectivity index (χ4v) is 3.56. The molecule has 0 amide bonds. The number of aromatic nitrogens is 1. The van der Waals surface area contributed by atoms with Crippen molar-refractivity contribution in [1.29, 1.82) is 0 Å². The Morgan fingerprint density at radius 1 is 1.35 bits per heavy atom. The summed E-state index contributed by atoms with van der Waals surface area (Å²) in [5.41, 5.74) is 1.29. The number of nitrogens with one attached hydrogen (secondary N) is 1. The van der Waals surface area contributed by atoms with Crippen molar-refractivity contribution in [3.8, 4) is 0 Å². The van der Waals surface area contributed by atoms with Gasteiger partial charge in [0.05, 0.1) is 5.02 Å². The van der Waals surface area contributed by atoms with Crippen molar-refractivity contribution in [2.75, 3.05) is 0 Å². The van der Waals surface area contributed by atoms with Gasteiger partial charge in [-0.25, -0.2) is 4.98 Å². The van der Waals surface area contributed by atoms with Crippen LogP contribution in [0.1, 0.15) is 18.4 Å². The first-order chi connectivity index (χ1) is 9.72. The molecule has 0 unspecified atom stereocenters. The van der Waals surface area contributed by atoms with E-state index >= 15 is 0 Å². The summed E-state index contributed by atoms with van der Waals surface area (Å²) >= 11 is 11.4. The van der Waals surface area contributed by atoms with Crippen molar-refractivity contribution >= 4 is 39.3 Å². The largest absolute Gasteiger partial charge is 0.310 e. The van der Waals surface area contributed by atoms with E-state index in [1.54, 1.807) is 18.0 Å². The second-order valence-electron chi connectivity index (χ2n) is 4.80. The average Bonchev–Trinajstić information content (AvgIpc) is 3.25. The van der Waals surface area contributed by atoms with Gasteiger partial charge in [0.1, 0.15) is 5.03 Å². The Bertz CT molecular complexity index is 617. The Labute approximate surface area is 136 Å². The summed E-state index contributed by atoms with van der Waals surface area (Å²) in [6.07, 6.45) is 4.38. The number of benzene rings is 1. The fraction of sp³-hybridized carbons (Fsp3) is 0.267. The number of pyridine rings is 1. The molecule has 5 heteroatoms. The van der Waals surface area contributed by atoms with Gasteiger partial charge in [0.15, 0.2) is 0 Å². The summed E-state index contributed by atoms with van der Waals surface area (Å²) < 4.78 is 1.13.